The standard InChI is InChI=1S/C27H44O6/c1-3-4-9-19(2)16-20(31-26-10-5-7-14-29-26)12-13-21-22-17-25(28)32-24(22)18-23(21)33-27-11-6-8-15-30-27/h12-13,19-24,26-27H,3-11,14-18H2,1-2H3/t19-,20+,21+,22+,23+,24-,26?,27?/m0/s1. The quantitative estimate of drug-likeness (QED) is 0.296. The molecule has 3 aliphatic heterocycles. The van der Waals surface area contributed by atoms with Crippen LogP contribution in [0, 0.1) is 17.8 Å². The van der Waals surface area contributed by atoms with E-state index >= 15 is 0 Å². The summed E-state index contributed by atoms with van der Waals surface area (Å²) in [4.78, 5) is 12.0. The van der Waals surface area contributed by atoms with E-state index in [1.807, 2.05) is 0 Å². The van der Waals surface area contributed by atoms with Gasteiger partial charge in [-0.05, 0) is 50.9 Å². The van der Waals surface area contributed by atoms with Crippen LogP contribution in [0.25, 0.3) is 0 Å². The summed E-state index contributed by atoms with van der Waals surface area (Å²) in [6.45, 7) is 6.12. The SMILES string of the molecule is CCCC[C@H](C)C[C@@H](C=C[C@@H]1[C@H]2CC(=O)O[C@H]2C[C@H]1OC1CCCCO1)OC1CCCCO1. The maximum atomic E-state index is 12.0. The van der Waals surface area contributed by atoms with E-state index in [0.717, 1.165) is 64.6 Å². The zero-order valence-electron chi connectivity index (χ0n) is 20.6. The number of carbonyl (C=O) groups excluding carboxylic acids is 1. The molecule has 0 radical (unpaired) electrons. The van der Waals surface area contributed by atoms with Gasteiger partial charge in [-0.15, -0.1) is 0 Å². The fourth-order valence-corrected chi connectivity index (χ4v) is 5.84. The first kappa shape index (κ1) is 25.2. The van der Waals surface area contributed by atoms with Gasteiger partial charge in [0.05, 0.1) is 18.6 Å². The smallest absolute Gasteiger partial charge is 0.306 e. The molecular formula is C27H44O6. The van der Waals surface area contributed by atoms with Gasteiger partial charge in [-0.25, -0.2) is 0 Å². The molecule has 33 heavy (non-hydrogen) atoms. The van der Waals surface area contributed by atoms with Crippen LogP contribution < -0.4 is 0 Å². The van der Waals surface area contributed by atoms with Gasteiger partial charge >= 0.3 is 5.97 Å². The molecule has 3 heterocycles. The van der Waals surface area contributed by atoms with Crippen molar-refractivity contribution in [2.75, 3.05) is 13.2 Å². The lowest BCUT2D eigenvalue weighted by Gasteiger charge is -2.30. The highest BCUT2D eigenvalue weighted by Gasteiger charge is 2.50. The molecule has 0 amide bonds. The minimum absolute atomic E-state index is 0.0172. The Kier molecular flexibility index (Phi) is 9.65. The summed E-state index contributed by atoms with van der Waals surface area (Å²) >= 11 is 0. The summed E-state index contributed by atoms with van der Waals surface area (Å²) < 4.78 is 30.2. The second-order valence-corrected chi connectivity index (χ2v) is 10.5. The number of hydrogen-bond donors (Lipinski definition) is 0. The monoisotopic (exact) mass is 464 g/mol. The number of fused-ring (bicyclic) bond motifs is 1. The number of esters is 1. The van der Waals surface area contributed by atoms with Crippen LogP contribution in [0.3, 0.4) is 0 Å². The van der Waals surface area contributed by atoms with Crippen molar-refractivity contribution in [3.63, 3.8) is 0 Å². The molecule has 3 saturated heterocycles. The van der Waals surface area contributed by atoms with Crippen LogP contribution in [0.4, 0.5) is 0 Å². The van der Waals surface area contributed by atoms with Gasteiger partial charge < -0.3 is 23.7 Å². The number of carbonyl (C=O) groups is 1. The van der Waals surface area contributed by atoms with Gasteiger partial charge in [-0.1, -0.05) is 45.3 Å². The van der Waals surface area contributed by atoms with Gasteiger partial charge in [-0.2, -0.15) is 0 Å². The summed E-state index contributed by atoms with van der Waals surface area (Å²) in [6.07, 6.45) is 16.6. The van der Waals surface area contributed by atoms with E-state index in [1.165, 1.54) is 19.3 Å². The Hall–Kier alpha value is -0.950. The molecule has 6 heteroatoms. The first-order valence-electron chi connectivity index (χ1n) is 13.5. The van der Waals surface area contributed by atoms with Crippen LogP contribution in [0.1, 0.15) is 90.9 Å². The van der Waals surface area contributed by atoms with Gasteiger partial charge in [0.1, 0.15) is 6.10 Å². The largest absolute Gasteiger partial charge is 0.462 e. The third-order valence-corrected chi connectivity index (χ3v) is 7.71. The first-order chi connectivity index (χ1) is 16.1. The molecule has 1 aliphatic carbocycles. The number of hydrogen-bond acceptors (Lipinski definition) is 6. The van der Waals surface area contributed by atoms with Crippen LogP contribution in [0.2, 0.25) is 0 Å². The zero-order valence-corrected chi connectivity index (χ0v) is 20.6. The molecule has 0 spiro atoms. The van der Waals surface area contributed by atoms with Gasteiger partial charge in [-0.3, -0.25) is 4.79 Å². The third kappa shape index (κ3) is 7.27. The van der Waals surface area contributed by atoms with Crippen LogP contribution in [-0.4, -0.2) is 50.1 Å². The molecule has 4 aliphatic rings. The fraction of sp³-hybridized carbons (Fsp3) is 0.889. The van der Waals surface area contributed by atoms with Crippen LogP contribution >= 0.6 is 0 Å². The summed E-state index contributed by atoms with van der Waals surface area (Å²) in [7, 11) is 0. The van der Waals surface area contributed by atoms with Crippen molar-refractivity contribution < 1.29 is 28.5 Å². The van der Waals surface area contributed by atoms with Crippen molar-refractivity contribution >= 4 is 5.97 Å². The Morgan fingerprint density at radius 3 is 2.55 bits per heavy atom. The number of rotatable bonds is 11. The third-order valence-electron chi connectivity index (χ3n) is 7.71. The number of ether oxygens (including phenoxy) is 5. The van der Waals surface area contributed by atoms with Crippen molar-refractivity contribution in [2.24, 2.45) is 17.8 Å². The minimum atomic E-state index is -0.133. The maximum Gasteiger partial charge on any atom is 0.306 e. The van der Waals surface area contributed by atoms with Gasteiger partial charge in [0, 0.05) is 31.5 Å². The van der Waals surface area contributed by atoms with E-state index < -0.39 is 0 Å². The molecule has 0 bridgehead atoms. The van der Waals surface area contributed by atoms with Crippen molar-refractivity contribution in [3.05, 3.63) is 12.2 Å². The zero-order chi connectivity index (χ0) is 23.0. The molecule has 0 N–H and O–H groups in total. The molecule has 8 atom stereocenters. The van der Waals surface area contributed by atoms with Crippen molar-refractivity contribution in [1.29, 1.82) is 0 Å². The first-order valence-corrected chi connectivity index (χ1v) is 13.5. The lowest BCUT2D eigenvalue weighted by molar-refractivity contribution is -0.194. The Balaban J connectivity index is 1.43. The second kappa shape index (κ2) is 12.7. The molecule has 4 fully saturated rings. The highest BCUT2D eigenvalue weighted by atomic mass is 16.7. The number of unbranched alkanes of at least 4 members (excludes halogenated alkanes) is 1. The average Bonchev–Trinajstić information content (AvgIpc) is 3.32. The lowest BCUT2D eigenvalue weighted by atomic mass is 9.90. The van der Waals surface area contributed by atoms with E-state index in [2.05, 4.69) is 26.0 Å². The molecule has 6 nitrogen and oxygen atoms in total. The highest BCUT2D eigenvalue weighted by Crippen LogP contribution is 2.44. The molecule has 1 saturated carbocycles. The Morgan fingerprint density at radius 1 is 1.09 bits per heavy atom. The predicted molar refractivity (Wildman–Crippen MR) is 125 cm³/mol. The fourth-order valence-electron chi connectivity index (χ4n) is 5.84. The van der Waals surface area contributed by atoms with Crippen LogP contribution in [-0.2, 0) is 28.5 Å². The Labute approximate surface area is 199 Å². The summed E-state index contributed by atoms with van der Waals surface area (Å²) in [5.41, 5.74) is 0. The highest BCUT2D eigenvalue weighted by molar-refractivity contribution is 5.72. The summed E-state index contributed by atoms with van der Waals surface area (Å²) in [6, 6.07) is 0. The van der Waals surface area contributed by atoms with Gasteiger partial charge in [0.15, 0.2) is 12.6 Å². The summed E-state index contributed by atoms with van der Waals surface area (Å²) in [5, 5.41) is 0. The topological polar surface area (TPSA) is 63.2 Å². The molecule has 4 rings (SSSR count). The molecule has 0 aromatic rings. The average molecular weight is 465 g/mol. The van der Waals surface area contributed by atoms with Crippen molar-refractivity contribution in [3.8, 4) is 0 Å². The second-order valence-electron chi connectivity index (χ2n) is 10.5. The van der Waals surface area contributed by atoms with E-state index in [4.69, 9.17) is 23.7 Å². The summed E-state index contributed by atoms with van der Waals surface area (Å²) in [5.74, 6) is 0.855. The predicted octanol–water partition coefficient (Wildman–Crippen LogP) is 5.53. The Morgan fingerprint density at radius 2 is 1.85 bits per heavy atom. The molecular weight excluding hydrogens is 420 g/mol. The van der Waals surface area contributed by atoms with E-state index in [0.29, 0.717) is 12.3 Å². The van der Waals surface area contributed by atoms with Crippen LogP contribution in [0.5, 0.6) is 0 Å². The van der Waals surface area contributed by atoms with E-state index in [-0.39, 0.29) is 48.7 Å². The van der Waals surface area contributed by atoms with E-state index in [1.54, 1.807) is 0 Å². The van der Waals surface area contributed by atoms with Crippen LogP contribution in [0.15, 0.2) is 12.2 Å². The molecule has 0 aromatic carbocycles. The van der Waals surface area contributed by atoms with Crippen molar-refractivity contribution in [1.82, 2.24) is 0 Å². The van der Waals surface area contributed by atoms with Gasteiger partial charge in [0.25, 0.3) is 0 Å². The Bertz CT molecular complexity index is 624. The maximum absolute atomic E-state index is 12.0. The molecule has 0 aromatic heterocycles. The minimum Gasteiger partial charge on any atom is -0.462 e. The van der Waals surface area contributed by atoms with Crippen molar-refractivity contribution in [2.45, 2.75) is 122 Å². The van der Waals surface area contributed by atoms with Gasteiger partial charge in [0.2, 0.25) is 0 Å². The normalized spacial score (nSPS) is 36.6. The lowest BCUT2D eigenvalue weighted by Crippen LogP contribution is -2.31. The molecule has 188 valence electrons. The van der Waals surface area contributed by atoms with E-state index in [9.17, 15) is 4.79 Å². The molecule has 2 unspecified atom stereocenters.